The lowest BCUT2D eigenvalue weighted by atomic mass is 10.0. The molecular formula is C27H18Cl2F3N5OS. The van der Waals surface area contributed by atoms with Gasteiger partial charge in [0.25, 0.3) is 0 Å². The fraction of sp³-hybridized carbons (Fsp3) is 0.0741. The van der Waals surface area contributed by atoms with Gasteiger partial charge in [-0.2, -0.15) is 5.10 Å². The summed E-state index contributed by atoms with van der Waals surface area (Å²) in [5.41, 5.74) is 7.07. The molecule has 0 amide bonds. The summed E-state index contributed by atoms with van der Waals surface area (Å²) in [5.74, 6) is -0.288. The number of anilines is 1. The SMILES string of the molecule is C/C(=N\NC(=S)Nc1c(Cl)cccc1Cl)c1ccc2c(ccc3c2ncn3-c2ccc(OC(F)(F)F)cc2)c1. The van der Waals surface area contributed by atoms with Gasteiger partial charge in [0.15, 0.2) is 5.11 Å². The number of para-hydroxylation sites is 1. The van der Waals surface area contributed by atoms with E-state index in [0.29, 0.717) is 27.1 Å². The van der Waals surface area contributed by atoms with E-state index < -0.39 is 6.36 Å². The lowest BCUT2D eigenvalue weighted by molar-refractivity contribution is -0.274. The molecule has 1 aromatic heterocycles. The van der Waals surface area contributed by atoms with Gasteiger partial charge in [0.2, 0.25) is 0 Å². The number of thiocarbonyl (C=S) groups is 1. The molecule has 6 nitrogen and oxygen atoms in total. The zero-order valence-electron chi connectivity index (χ0n) is 20.1. The average Bonchev–Trinajstić information content (AvgIpc) is 3.33. The largest absolute Gasteiger partial charge is 0.573 e. The molecule has 1 heterocycles. The number of ether oxygens (including phenoxy) is 1. The number of rotatable bonds is 5. The molecule has 198 valence electrons. The zero-order chi connectivity index (χ0) is 27.7. The quantitative estimate of drug-likeness (QED) is 0.123. The Bertz CT molecular complexity index is 1720. The van der Waals surface area contributed by atoms with E-state index in [-0.39, 0.29) is 10.9 Å². The predicted octanol–water partition coefficient (Wildman–Crippen LogP) is 8.09. The fourth-order valence-electron chi connectivity index (χ4n) is 4.01. The molecule has 39 heavy (non-hydrogen) atoms. The maximum Gasteiger partial charge on any atom is 0.573 e. The maximum atomic E-state index is 12.5. The summed E-state index contributed by atoms with van der Waals surface area (Å²) in [4.78, 5) is 4.56. The van der Waals surface area contributed by atoms with Gasteiger partial charge in [-0.05, 0) is 78.6 Å². The van der Waals surface area contributed by atoms with Gasteiger partial charge in [-0.1, -0.05) is 47.5 Å². The summed E-state index contributed by atoms with van der Waals surface area (Å²) in [5, 5.41) is 10.3. The van der Waals surface area contributed by atoms with Crippen LogP contribution in [-0.2, 0) is 0 Å². The third-order valence-corrected chi connectivity index (χ3v) is 6.65. The first kappa shape index (κ1) is 26.7. The van der Waals surface area contributed by atoms with E-state index in [0.717, 1.165) is 27.4 Å². The predicted molar refractivity (Wildman–Crippen MR) is 153 cm³/mol. The first-order valence-corrected chi connectivity index (χ1v) is 12.6. The Labute approximate surface area is 236 Å². The van der Waals surface area contributed by atoms with Gasteiger partial charge in [-0.25, -0.2) is 4.98 Å². The number of nitrogens with one attached hydrogen (secondary N) is 2. The van der Waals surface area contributed by atoms with Crippen LogP contribution in [0.3, 0.4) is 0 Å². The molecule has 2 N–H and O–H groups in total. The van der Waals surface area contributed by atoms with Crippen LogP contribution in [0.5, 0.6) is 5.75 Å². The number of alkyl halides is 3. The van der Waals surface area contributed by atoms with Crippen LogP contribution >= 0.6 is 35.4 Å². The van der Waals surface area contributed by atoms with Crippen molar-refractivity contribution in [2.24, 2.45) is 5.10 Å². The summed E-state index contributed by atoms with van der Waals surface area (Å²) in [6.45, 7) is 1.85. The van der Waals surface area contributed by atoms with Crippen LogP contribution in [0.2, 0.25) is 10.0 Å². The van der Waals surface area contributed by atoms with Crippen molar-refractivity contribution in [3.63, 3.8) is 0 Å². The minimum absolute atomic E-state index is 0.232. The molecule has 0 spiro atoms. The second-order valence-electron chi connectivity index (χ2n) is 8.39. The van der Waals surface area contributed by atoms with Crippen molar-refractivity contribution in [2.45, 2.75) is 13.3 Å². The third-order valence-electron chi connectivity index (χ3n) is 5.82. The van der Waals surface area contributed by atoms with Crippen LogP contribution in [-0.4, -0.2) is 26.7 Å². The van der Waals surface area contributed by atoms with Gasteiger partial charge in [0.05, 0.1) is 32.5 Å². The van der Waals surface area contributed by atoms with Crippen LogP contribution in [0.4, 0.5) is 18.9 Å². The van der Waals surface area contributed by atoms with Crippen molar-refractivity contribution in [3.8, 4) is 11.4 Å². The summed E-state index contributed by atoms with van der Waals surface area (Å²) in [6, 6.07) is 20.5. The lowest BCUT2D eigenvalue weighted by Crippen LogP contribution is -2.25. The molecule has 5 rings (SSSR count). The van der Waals surface area contributed by atoms with Crippen LogP contribution < -0.4 is 15.5 Å². The molecule has 0 aliphatic rings. The van der Waals surface area contributed by atoms with Gasteiger partial charge in [0.1, 0.15) is 12.1 Å². The normalized spacial score (nSPS) is 12.1. The molecule has 0 atom stereocenters. The molecule has 0 unspecified atom stereocenters. The highest BCUT2D eigenvalue weighted by molar-refractivity contribution is 7.80. The molecule has 0 saturated carbocycles. The summed E-state index contributed by atoms with van der Waals surface area (Å²) < 4.78 is 43.2. The fourth-order valence-corrected chi connectivity index (χ4v) is 4.65. The average molecular weight is 588 g/mol. The van der Waals surface area contributed by atoms with E-state index >= 15 is 0 Å². The highest BCUT2D eigenvalue weighted by atomic mass is 35.5. The Hall–Kier alpha value is -3.86. The first-order chi connectivity index (χ1) is 18.6. The molecule has 5 aromatic rings. The zero-order valence-corrected chi connectivity index (χ0v) is 22.4. The Morgan fingerprint density at radius 3 is 2.41 bits per heavy atom. The molecule has 0 aliphatic carbocycles. The smallest absolute Gasteiger partial charge is 0.406 e. The summed E-state index contributed by atoms with van der Waals surface area (Å²) in [6.07, 6.45) is -3.11. The Kier molecular flexibility index (Phi) is 7.35. The van der Waals surface area contributed by atoms with Gasteiger partial charge >= 0.3 is 6.36 Å². The number of benzene rings is 4. The topological polar surface area (TPSA) is 63.5 Å². The summed E-state index contributed by atoms with van der Waals surface area (Å²) >= 11 is 17.7. The Morgan fingerprint density at radius 2 is 1.72 bits per heavy atom. The number of imidazole rings is 1. The molecule has 0 bridgehead atoms. The Morgan fingerprint density at radius 1 is 1.00 bits per heavy atom. The van der Waals surface area contributed by atoms with Crippen LogP contribution in [0, 0.1) is 0 Å². The molecule has 0 fully saturated rings. The number of fused-ring (bicyclic) bond motifs is 3. The van der Waals surface area contributed by atoms with E-state index in [1.54, 1.807) is 41.2 Å². The molecule has 12 heteroatoms. The van der Waals surface area contributed by atoms with E-state index in [4.69, 9.17) is 35.4 Å². The number of hydrogen-bond donors (Lipinski definition) is 2. The van der Waals surface area contributed by atoms with Gasteiger partial charge in [0, 0.05) is 11.1 Å². The lowest BCUT2D eigenvalue weighted by Gasteiger charge is -2.11. The third kappa shape index (κ3) is 5.93. The van der Waals surface area contributed by atoms with Gasteiger partial charge in [-0.3, -0.25) is 9.99 Å². The van der Waals surface area contributed by atoms with Crippen molar-refractivity contribution in [1.82, 2.24) is 15.0 Å². The van der Waals surface area contributed by atoms with Crippen LogP contribution in [0.1, 0.15) is 12.5 Å². The molecule has 0 aliphatic heterocycles. The molecule has 0 saturated heterocycles. The van der Waals surface area contributed by atoms with Crippen LogP contribution in [0.25, 0.3) is 27.5 Å². The van der Waals surface area contributed by atoms with Crippen molar-refractivity contribution in [2.75, 3.05) is 5.32 Å². The van der Waals surface area contributed by atoms with Crippen LogP contribution in [0.15, 0.2) is 84.2 Å². The monoisotopic (exact) mass is 587 g/mol. The molecule has 4 aromatic carbocycles. The Balaban J connectivity index is 1.36. The van der Waals surface area contributed by atoms with Crippen molar-refractivity contribution in [1.29, 1.82) is 0 Å². The standard InChI is InChI=1S/C27H18Cl2F3N5OS/c1-15(35-36-26(39)34-25-21(28)3-2-4-22(25)29)16-5-11-20-17(13-16)6-12-23-24(20)33-14-37(23)18-7-9-19(10-8-18)38-27(30,31)32/h2-14H,1H3,(H2,34,36,39)/b35-15+. The minimum atomic E-state index is -4.74. The number of aromatic nitrogens is 2. The van der Waals surface area contributed by atoms with Crippen molar-refractivity contribution in [3.05, 3.63) is 94.7 Å². The summed E-state index contributed by atoms with van der Waals surface area (Å²) in [7, 11) is 0. The minimum Gasteiger partial charge on any atom is -0.406 e. The van der Waals surface area contributed by atoms with E-state index in [9.17, 15) is 13.2 Å². The maximum absolute atomic E-state index is 12.5. The van der Waals surface area contributed by atoms with Gasteiger partial charge in [-0.15, -0.1) is 13.2 Å². The molecular weight excluding hydrogens is 570 g/mol. The number of hydrazone groups is 1. The molecule has 0 radical (unpaired) electrons. The highest BCUT2D eigenvalue weighted by Crippen LogP contribution is 2.30. The number of nitrogens with zero attached hydrogens (tertiary/aromatic N) is 3. The van der Waals surface area contributed by atoms with E-state index in [1.165, 1.54) is 12.1 Å². The number of halogens is 5. The van der Waals surface area contributed by atoms with Crippen molar-refractivity contribution < 1.29 is 17.9 Å². The van der Waals surface area contributed by atoms with Gasteiger partial charge < -0.3 is 10.1 Å². The van der Waals surface area contributed by atoms with Crippen molar-refractivity contribution >= 4 is 73.7 Å². The van der Waals surface area contributed by atoms with E-state index in [2.05, 4.69) is 25.6 Å². The number of hydrogen-bond acceptors (Lipinski definition) is 4. The second kappa shape index (κ2) is 10.7. The van der Waals surface area contributed by atoms with E-state index in [1.807, 2.05) is 37.3 Å². The highest BCUT2D eigenvalue weighted by Gasteiger charge is 2.31. The first-order valence-electron chi connectivity index (χ1n) is 11.4. The second-order valence-corrected chi connectivity index (χ2v) is 9.61.